The molecule has 0 spiro atoms. The molecule has 8 nitrogen and oxygen atoms in total. The van der Waals surface area contributed by atoms with Gasteiger partial charge in [0.25, 0.3) is 11.3 Å². The molecule has 0 amide bonds. The van der Waals surface area contributed by atoms with E-state index in [-0.39, 0.29) is 11.1 Å². The Morgan fingerprint density at radius 2 is 1.92 bits per heavy atom. The minimum atomic E-state index is -0.263. The van der Waals surface area contributed by atoms with E-state index in [1.54, 1.807) is 36.0 Å². The van der Waals surface area contributed by atoms with Crippen LogP contribution in [0.3, 0.4) is 0 Å². The Morgan fingerprint density at radius 3 is 2.62 bits per heavy atom. The van der Waals surface area contributed by atoms with Gasteiger partial charge in [0.2, 0.25) is 0 Å². The van der Waals surface area contributed by atoms with Gasteiger partial charge >= 0.3 is 0 Å². The summed E-state index contributed by atoms with van der Waals surface area (Å²) >= 11 is 0. The van der Waals surface area contributed by atoms with Crippen LogP contribution in [-0.2, 0) is 6.42 Å². The molecule has 0 radical (unpaired) electrons. The van der Waals surface area contributed by atoms with Crippen molar-refractivity contribution in [1.29, 1.82) is 0 Å². The van der Waals surface area contributed by atoms with Crippen LogP contribution in [-0.4, -0.2) is 36.5 Å². The highest BCUT2D eigenvalue weighted by molar-refractivity contribution is 5.74. The third kappa shape index (κ3) is 2.11. The largest absolute Gasteiger partial charge is 0.497 e. The van der Waals surface area contributed by atoms with Gasteiger partial charge in [-0.05, 0) is 30.3 Å². The molecule has 4 aromatic rings. The number of fused-ring (bicyclic) bond motifs is 3. The Kier molecular flexibility index (Phi) is 3.23. The minimum Gasteiger partial charge on any atom is -0.497 e. The molecular formula is C16H14N6O2. The lowest BCUT2D eigenvalue weighted by atomic mass is 10.3. The van der Waals surface area contributed by atoms with Crippen molar-refractivity contribution < 1.29 is 4.74 Å². The highest BCUT2D eigenvalue weighted by Crippen LogP contribution is 2.15. The average Bonchev–Trinajstić information content (AvgIpc) is 3.06. The van der Waals surface area contributed by atoms with Crippen molar-refractivity contribution in [3.8, 4) is 11.4 Å². The van der Waals surface area contributed by atoms with Gasteiger partial charge in [0.05, 0.1) is 7.11 Å². The first-order chi connectivity index (χ1) is 11.7. The zero-order valence-corrected chi connectivity index (χ0v) is 13.2. The topological polar surface area (TPSA) is 87.2 Å². The Labute approximate surface area is 136 Å². The van der Waals surface area contributed by atoms with E-state index in [1.807, 2.05) is 19.1 Å². The third-order valence-electron chi connectivity index (χ3n) is 3.81. The molecule has 3 aromatic heterocycles. The van der Waals surface area contributed by atoms with Crippen molar-refractivity contribution in [2.75, 3.05) is 7.11 Å². The van der Waals surface area contributed by atoms with Crippen molar-refractivity contribution in [2.45, 2.75) is 13.3 Å². The first-order valence-corrected chi connectivity index (χ1v) is 7.49. The number of ether oxygens (including phenoxy) is 1. The molecule has 24 heavy (non-hydrogen) atoms. The molecule has 1 aromatic carbocycles. The lowest BCUT2D eigenvalue weighted by molar-refractivity contribution is 0.414. The fourth-order valence-electron chi connectivity index (χ4n) is 2.54. The van der Waals surface area contributed by atoms with Crippen molar-refractivity contribution in [3.05, 3.63) is 52.7 Å². The van der Waals surface area contributed by atoms with Gasteiger partial charge in [0, 0.05) is 18.3 Å². The molecule has 0 aliphatic heterocycles. The predicted molar refractivity (Wildman–Crippen MR) is 87.6 cm³/mol. The van der Waals surface area contributed by atoms with E-state index in [1.165, 1.54) is 4.57 Å². The summed E-state index contributed by atoms with van der Waals surface area (Å²) in [5, 5.41) is 12.4. The SMILES string of the molecule is CCc1nc2nnc3c(=O)n(-c4ccc(OC)cc4)ccc3n2n1. The number of benzene rings is 1. The summed E-state index contributed by atoms with van der Waals surface area (Å²) in [5.74, 6) is 1.78. The van der Waals surface area contributed by atoms with Crippen LogP contribution in [0.4, 0.5) is 0 Å². The summed E-state index contributed by atoms with van der Waals surface area (Å²) in [5.41, 5.74) is 1.29. The van der Waals surface area contributed by atoms with Crippen LogP contribution >= 0.6 is 0 Å². The molecule has 120 valence electrons. The van der Waals surface area contributed by atoms with Crippen LogP contribution in [0, 0.1) is 0 Å². The normalized spacial score (nSPS) is 11.2. The molecule has 0 N–H and O–H groups in total. The summed E-state index contributed by atoms with van der Waals surface area (Å²) in [6.45, 7) is 1.96. The van der Waals surface area contributed by atoms with E-state index in [4.69, 9.17) is 4.74 Å². The van der Waals surface area contributed by atoms with Crippen LogP contribution in [0.2, 0.25) is 0 Å². The highest BCUT2D eigenvalue weighted by Gasteiger charge is 2.12. The number of methoxy groups -OCH3 is 1. The second-order valence-corrected chi connectivity index (χ2v) is 5.22. The van der Waals surface area contributed by atoms with Crippen molar-refractivity contribution in [1.82, 2.24) is 29.4 Å². The molecule has 0 fully saturated rings. The molecule has 0 aliphatic carbocycles. The Bertz CT molecular complexity index is 1100. The summed E-state index contributed by atoms with van der Waals surface area (Å²) in [6, 6.07) is 9.00. The number of rotatable bonds is 3. The standard InChI is InChI=1S/C16H14N6O2/c1-3-13-17-16-19-18-14-12(22(16)20-13)8-9-21(15(14)23)10-4-6-11(24-2)7-5-10/h4-9H,3H2,1-2H3. The number of hydrogen-bond donors (Lipinski definition) is 0. The van der Waals surface area contributed by atoms with Crippen LogP contribution in [0.25, 0.3) is 22.5 Å². The third-order valence-corrected chi connectivity index (χ3v) is 3.81. The predicted octanol–water partition coefficient (Wildman–Crippen LogP) is 1.39. The second-order valence-electron chi connectivity index (χ2n) is 5.22. The number of aromatic nitrogens is 6. The van der Waals surface area contributed by atoms with Crippen molar-refractivity contribution in [2.24, 2.45) is 0 Å². The van der Waals surface area contributed by atoms with Crippen LogP contribution in [0.5, 0.6) is 5.75 Å². The van der Waals surface area contributed by atoms with Gasteiger partial charge in [0.15, 0.2) is 11.3 Å². The van der Waals surface area contributed by atoms with Crippen LogP contribution in [0.1, 0.15) is 12.7 Å². The quantitative estimate of drug-likeness (QED) is 0.566. The number of aryl methyl sites for hydroxylation is 1. The Morgan fingerprint density at radius 1 is 1.12 bits per heavy atom. The Hall–Kier alpha value is -3.29. The van der Waals surface area contributed by atoms with Gasteiger partial charge in [-0.15, -0.1) is 15.3 Å². The van der Waals surface area contributed by atoms with E-state index in [9.17, 15) is 4.79 Å². The lowest BCUT2D eigenvalue weighted by Crippen LogP contribution is -2.20. The van der Waals surface area contributed by atoms with Gasteiger partial charge in [0.1, 0.15) is 11.3 Å². The zero-order chi connectivity index (χ0) is 16.7. The molecular weight excluding hydrogens is 308 g/mol. The fourth-order valence-corrected chi connectivity index (χ4v) is 2.54. The van der Waals surface area contributed by atoms with Gasteiger partial charge in [-0.3, -0.25) is 9.36 Å². The summed E-state index contributed by atoms with van der Waals surface area (Å²) in [4.78, 5) is 17.0. The fraction of sp³-hybridized carbons (Fsp3) is 0.188. The van der Waals surface area contributed by atoms with Gasteiger partial charge in [-0.1, -0.05) is 6.92 Å². The van der Waals surface area contributed by atoms with E-state index in [0.717, 1.165) is 11.4 Å². The van der Waals surface area contributed by atoms with Crippen LogP contribution in [0.15, 0.2) is 41.3 Å². The summed E-state index contributed by atoms with van der Waals surface area (Å²) < 4.78 is 8.21. The zero-order valence-electron chi connectivity index (χ0n) is 13.2. The Balaban J connectivity index is 1.94. The number of pyridine rings is 1. The van der Waals surface area contributed by atoms with Gasteiger partial charge in [-0.2, -0.15) is 9.50 Å². The maximum absolute atomic E-state index is 12.8. The smallest absolute Gasteiger partial charge is 0.285 e. The molecule has 0 aliphatic rings. The minimum absolute atomic E-state index is 0.244. The number of nitrogens with zero attached hydrogens (tertiary/aromatic N) is 6. The molecule has 0 bridgehead atoms. The monoisotopic (exact) mass is 322 g/mol. The van der Waals surface area contributed by atoms with E-state index >= 15 is 0 Å². The molecule has 8 heteroatoms. The van der Waals surface area contributed by atoms with E-state index < -0.39 is 0 Å². The first kappa shape index (κ1) is 14.3. The van der Waals surface area contributed by atoms with E-state index in [2.05, 4.69) is 20.3 Å². The van der Waals surface area contributed by atoms with Gasteiger partial charge in [-0.25, -0.2) is 0 Å². The molecule has 0 atom stereocenters. The first-order valence-electron chi connectivity index (χ1n) is 7.49. The summed E-state index contributed by atoms with van der Waals surface area (Å²) in [6.07, 6.45) is 2.38. The second kappa shape index (κ2) is 5.41. The average molecular weight is 322 g/mol. The molecule has 0 saturated carbocycles. The highest BCUT2D eigenvalue weighted by atomic mass is 16.5. The van der Waals surface area contributed by atoms with Crippen LogP contribution < -0.4 is 10.3 Å². The van der Waals surface area contributed by atoms with Crippen molar-refractivity contribution in [3.63, 3.8) is 0 Å². The molecule has 3 heterocycles. The maximum Gasteiger partial charge on any atom is 0.285 e. The summed E-state index contributed by atoms with van der Waals surface area (Å²) in [7, 11) is 1.60. The van der Waals surface area contributed by atoms with E-state index in [0.29, 0.717) is 23.5 Å². The maximum atomic E-state index is 12.8. The lowest BCUT2D eigenvalue weighted by Gasteiger charge is -2.07. The van der Waals surface area contributed by atoms with Gasteiger partial charge < -0.3 is 4.74 Å². The molecule has 0 saturated heterocycles. The molecule has 4 rings (SSSR count). The van der Waals surface area contributed by atoms with Crippen molar-refractivity contribution >= 4 is 16.8 Å². The number of hydrogen-bond acceptors (Lipinski definition) is 6. The molecule has 0 unspecified atom stereocenters.